The van der Waals surface area contributed by atoms with Crippen LogP contribution in [0.5, 0.6) is 0 Å². The third kappa shape index (κ3) is 7.42. The first-order chi connectivity index (χ1) is 10.4. The molecule has 1 amide bonds. The highest BCUT2D eigenvalue weighted by Gasteiger charge is 2.27. The predicted octanol–water partition coefficient (Wildman–Crippen LogP) is 1.73. The number of hydrogen-bond acceptors (Lipinski definition) is 5. The van der Waals surface area contributed by atoms with E-state index in [0.29, 0.717) is 25.2 Å². The van der Waals surface area contributed by atoms with Crippen molar-refractivity contribution in [2.24, 2.45) is 5.73 Å². The molecule has 0 saturated carbocycles. The van der Waals surface area contributed by atoms with Crippen LogP contribution in [0.1, 0.15) is 46.5 Å². The van der Waals surface area contributed by atoms with Crippen LogP contribution in [0.4, 0.5) is 4.79 Å². The van der Waals surface area contributed by atoms with E-state index in [2.05, 4.69) is 5.32 Å². The maximum Gasteiger partial charge on any atom is 0.410 e. The van der Waals surface area contributed by atoms with Crippen molar-refractivity contribution in [3.05, 3.63) is 0 Å². The van der Waals surface area contributed by atoms with Gasteiger partial charge in [-0.1, -0.05) is 0 Å². The average Bonchev–Trinajstić information content (AvgIpc) is 2.44. The maximum atomic E-state index is 12.0. The van der Waals surface area contributed by atoms with Gasteiger partial charge in [-0.05, 0) is 53.0 Å². The molecule has 1 saturated heterocycles. The Balaban J connectivity index is 2.35. The summed E-state index contributed by atoms with van der Waals surface area (Å²) in [5.41, 5.74) is 5.15. The van der Waals surface area contributed by atoms with Gasteiger partial charge in [-0.25, -0.2) is 4.79 Å². The summed E-state index contributed by atoms with van der Waals surface area (Å²) in [5, 5.41) is 3.64. The molecular formula is C16H33N3O3. The van der Waals surface area contributed by atoms with Crippen LogP contribution in [0.15, 0.2) is 0 Å². The van der Waals surface area contributed by atoms with Crippen LogP contribution < -0.4 is 11.1 Å². The molecular weight excluding hydrogens is 282 g/mol. The Bertz CT molecular complexity index is 323. The van der Waals surface area contributed by atoms with Crippen LogP contribution in [-0.2, 0) is 9.47 Å². The van der Waals surface area contributed by atoms with Crippen molar-refractivity contribution in [1.82, 2.24) is 10.2 Å². The van der Waals surface area contributed by atoms with Gasteiger partial charge >= 0.3 is 6.09 Å². The highest BCUT2D eigenvalue weighted by molar-refractivity contribution is 5.68. The Hall–Kier alpha value is -0.850. The van der Waals surface area contributed by atoms with Crippen LogP contribution >= 0.6 is 0 Å². The van der Waals surface area contributed by atoms with Gasteiger partial charge in [0.15, 0.2) is 0 Å². The van der Waals surface area contributed by atoms with Gasteiger partial charge in [0.05, 0.1) is 6.61 Å². The van der Waals surface area contributed by atoms with Crippen molar-refractivity contribution < 1.29 is 14.3 Å². The van der Waals surface area contributed by atoms with Gasteiger partial charge in [0.1, 0.15) is 5.60 Å². The zero-order valence-electron chi connectivity index (χ0n) is 14.6. The van der Waals surface area contributed by atoms with Gasteiger partial charge in [0.2, 0.25) is 0 Å². The highest BCUT2D eigenvalue weighted by Crippen LogP contribution is 2.16. The standard InChI is InChI=1S/C16H33N3O3/c1-16(2,3)22-15(20)19-10-7-13(8-11-19)18-14(12-21-4)6-5-9-17/h13-14,18H,5-12,17H2,1-4H3. The maximum absolute atomic E-state index is 12.0. The summed E-state index contributed by atoms with van der Waals surface area (Å²) in [4.78, 5) is 13.8. The summed E-state index contributed by atoms with van der Waals surface area (Å²) in [6.07, 6.45) is 3.71. The molecule has 0 spiro atoms. The van der Waals surface area contributed by atoms with E-state index in [9.17, 15) is 4.79 Å². The number of ether oxygens (including phenoxy) is 2. The number of carbonyl (C=O) groups is 1. The lowest BCUT2D eigenvalue weighted by Crippen LogP contribution is -2.49. The number of hydrogen-bond donors (Lipinski definition) is 2. The number of nitrogens with one attached hydrogen (secondary N) is 1. The summed E-state index contributed by atoms with van der Waals surface area (Å²) in [7, 11) is 1.72. The fraction of sp³-hybridized carbons (Fsp3) is 0.938. The van der Waals surface area contributed by atoms with E-state index in [1.54, 1.807) is 12.0 Å². The van der Waals surface area contributed by atoms with Crippen molar-refractivity contribution in [3.8, 4) is 0 Å². The normalized spacial score (nSPS) is 18.3. The SMILES string of the molecule is COCC(CCCN)NC1CCN(C(=O)OC(C)(C)C)CC1. The number of nitrogens with two attached hydrogens (primary N) is 1. The first kappa shape index (κ1) is 19.2. The molecule has 22 heavy (non-hydrogen) atoms. The number of rotatable bonds is 7. The molecule has 1 aliphatic rings. The molecule has 1 rings (SSSR count). The molecule has 6 heteroatoms. The van der Waals surface area contributed by atoms with Crippen LogP contribution in [0.3, 0.4) is 0 Å². The van der Waals surface area contributed by atoms with Gasteiger partial charge in [0, 0.05) is 32.3 Å². The molecule has 1 fully saturated rings. The summed E-state index contributed by atoms with van der Waals surface area (Å²) in [6, 6.07) is 0.767. The van der Waals surface area contributed by atoms with Crippen LogP contribution in [0.25, 0.3) is 0 Å². The van der Waals surface area contributed by atoms with Crippen LogP contribution in [0.2, 0.25) is 0 Å². The number of amides is 1. The van der Waals surface area contributed by atoms with Gasteiger partial charge < -0.3 is 25.4 Å². The first-order valence-electron chi connectivity index (χ1n) is 8.28. The molecule has 0 radical (unpaired) electrons. The lowest BCUT2D eigenvalue weighted by molar-refractivity contribution is 0.0191. The van der Waals surface area contributed by atoms with Crippen molar-refractivity contribution in [2.45, 2.75) is 64.1 Å². The zero-order valence-corrected chi connectivity index (χ0v) is 14.6. The molecule has 130 valence electrons. The third-order valence-corrected chi connectivity index (χ3v) is 3.74. The minimum Gasteiger partial charge on any atom is -0.444 e. The van der Waals surface area contributed by atoms with E-state index in [1.807, 2.05) is 20.8 Å². The molecule has 0 aromatic heterocycles. The van der Waals surface area contributed by atoms with Gasteiger partial charge in [-0.3, -0.25) is 0 Å². The van der Waals surface area contributed by atoms with Crippen LogP contribution in [0, 0.1) is 0 Å². The second kappa shape index (κ2) is 9.33. The molecule has 0 bridgehead atoms. The third-order valence-electron chi connectivity index (χ3n) is 3.74. The van der Waals surface area contributed by atoms with Crippen molar-refractivity contribution in [3.63, 3.8) is 0 Å². The molecule has 0 aromatic rings. The lowest BCUT2D eigenvalue weighted by Gasteiger charge is -2.35. The molecule has 0 aliphatic carbocycles. The zero-order chi connectivity index (χ0) is 16.6. The highest BCUT2D eigenvalue weighted by atomic mass is 16.6. The number of likely N-dealkylation sites (tertiary alicyclic amines) is 1. The van der Waals surface area contributed by atoms with Crippen molar-refractivity contribution >= 4 is 6.09 Å². The number of carbonyl (C=O) groups excluding carboxylic acids is 1. The second-order valence-electron chi connectivity index (χ2n) is 6.99. The molecule has 1 heterocycles. The minimum absolute atomic E-state index is 0.206. The first-order valence-corrected chi connectivity index (χ1v) is 8.28. The smallest absolute Gasteiger partial charge is 0.410 e. The topological polar surface area (TPSA) is 76.8 Å². The number of nitrogens with zero attached hydrogens (tertiary/aromatic N) is 1. The summed E-state index contributed by atoms with van der Waals surface area (Å²) >= 11 is 0. The van der Waals surface area contributed by atoms with Gasteiger partial charge in [-0.15, -0.1) is 0 Å². The largest absolute Gasteiger partial charge is 0.444 e. The Morgan fingerprint density at radius 3 is 2.50 bits per heavy atom. The molecule has 1 unspecified atom stereocenters. The summed E-state index contributed by atoms with van der Waals surface area (Å²) in [6.45, 7) is 8.57. The van der Waals surface area contributed by atoms with E-state index in [1.165, 1.54) is 0 Å². The summed E-state index contributed by atoms with van der Waals surface area (Å²) in [5.74, 6) is 0. The Labute approximate surface area is 134 Å². The van der Waals surface area contributed by atoms with Crippen LogP contribution in [-0.4, -0.2) is 62.0 Å². The Morgan fingerprint density at radius 2 is 2.00 bits per heavy atom. The lowest BCUT2D eigenvalue weighted by atomic mass is 10.0. The predicted molar refractivity (Wildman–Crippen MR) is 87.9 cm³/mol. The Kier molecular flexibility index (Phi) is 8.14. The molecule has 1 aliphatic heterocycles. The molecule has 0 aromatic carbocycles. The summed E-state index contributed by atoms with van der Waals surface area (Å²) < 4.78 is 10.7. The Morgan fingerprint density at radius 1 is 1.36 bits per heavy atom. The van der Waals surface area contributed by atoms with E-state index in [-0.39, 0.29) is 6.09 Å². The van der Waals surface area contributed by atoms with Crippen molar-refractivity contribution in [2.75, 3.05) is 33.4 Å². The van der Waals surface area contributed by atoms with Gasteiger partial charge in [0.25, 0.3) is 0 Å². The fourth-order valence-corrected chi connectivity index (χ4v) is 2.67. The van der Waals surface area contributed by atoms with E-state index >= 15 is 0 Å². The molecule has 3 N–H and O–H groups in total. The van der Waals surface area contributed by atoms with E-state index in [0.717, 1.165) is 38.8 Å². The monoisotopic (exact) mass is 315 g/mol. The number of piperidine rings is 1. The fourth-order valence-electron chi connectivity index (χ4n) is 2.67. The number of methoxy groups -OCH3 is 1. The molecule has 1 atom stereocenters. The molecule has 6 nitrogen and oxygen atoms in total. The van der Waals surface area contributed by atoms with E-state index in [4.69, 9.17) is 15.2 Å². The minimum atomic E-state index is -0.433. The second-order valence-corrected chi connectivity index (χ2v) is 6.99. The average molecular weight is 315 g/mol. The quantitative estimate of drug-likeness (QED) is 0.748. The van der Waals surface area contributed by atoms with Gasteiger partial charge in [-0.2, -0.15) is 0 Å². The van der Waals surface area contributed by atoms with E-state index < -0.39 is 5.60 Å². The van der Waals surface area contributed by atoms with Crippen molar-refractivity contribution in [1.29, 1.82) is 0 Å².